The second-order valence-electron chi connectivity index (χ2n) is 6.73. The Morgan fingerprint density at radius 1 is 1.04 bits per heavy atom. The van der Waals surface area contributed by atoms with Crippen molar-refractivity contribution in [2.24, 2.45) is 0 Å². The highest BCUT2D eigenvalue weighted by Crippen LogP contribution is 2.22. The summed E-state index contributed by atoms with van der Waals surface area (Å²) in [7, 11) is -3.59. The number of piperazine rings is 1. The largest absolute Gasteiger partial charge is 0.483 e. The molecule has 0 bridgehead atoms. The number of aryl methyl sites for hydroxylation is 1. The molecule has 1 heterocycles. The summed E-state index contributed by atoms with van der Waals surface area (Å²) in [6.45, 7) is 5.05. The summed E-state index contributed by atoms with van der Waals surface area (Å²) in [5, 5.41) is 0.484. The summed E-state index contributed by atoms with van der Waals surface area (Å²) in [6, 6.07) is 11.8. The van der Waals surface area contributed by atoms with Crippen molar-refractivity contribution in [3.05, 3.63) is 58.6 Å². The van der Waals surface area contributed by atoms with Crippen molar-refractivity contribution in [1.82, 2.24) is 9.21 Å². The van der Waals surface area contributed by atoms with Gasteiger partial charge in [-0.2, -0.15) is 4.31 Å². The van der Waals surface area contributed by atoms with Gasteiger partial charge in [0.15, 0.2) is 6.61 Å². The molecule has 1 aliphatic rings. The van der Waals surface area contributed by atoms with Crippen LogP contribution < -0.4 is 4.74 Å². The molecule has 1 aliphatic heterocycles. The van der Waals surface area contributed by atoms with Crippen molar-refractivity contribution in [3.63, 3.8) is 0 Å². The molecule has 0 radical (unpaired) electrons. The summed E-state index contributed by atoms with van der Waals surface area (Å²) >= 11 is 5.83. The van der Waals surface area contributed by atoms with Gasteiger partial charge in [-0.1, -0.05) is 23.7 Å². The third-order valence-corrected chi connectivity index (χ3v) is 7.11. The molecule has 8 heteroatoms. The van der Waals surface area contributed by atoms with Crippen molar-refractivity contribution in [1.29, 1.82) is 0 Å². The highest BCUT2D eigenvalue weighted by molar-refractivity contribution is 7.89. The summed E-state index contributed by atoms with van der Waals surface area (Å²) in [4.78, 5) is 14.3. The first-order valence-electron chi connectivity index (χ1n) is 9.01. The van der Waals surface area contributed by atoms with Gasteiger partial charge in [-0.05, 0) is 55.3 Å². The zero-order chi connectivity index (χ0) is 20.3. The molecule has 0 unspecified atom stereocenters. The molecule has 2 aromatic rings. The SMILES string of the molecule is Cc1cccc(OCC(=O)N2CCN(S(=O)(=O)c3ccc(Cl)cc3)CC2)c1C. The fourth-order valence-corrected chi connectivity index (χ4v) is 4.59. The molecule has 0 aromatic heterocycles. The average Bonchev–Trinajstić information content (AvgIpc) is 2.69. The Labute approximate surface area is 170 Å². The minimum absolute atomic E-state index is 0.0613. The first kappa shape index (κ1) is 20.6. The van der Waals surface area contributed by atoms with Crippen molar-refractivity contribution in [3.8, 4) is 5.75 Å². The third-order valence-electron chi connectivity index (χ3n) is 4.95. The Morgan fingerprint density at radius 2 is 1.68 bits per heavy atom. The molecule has 1 fully saturated rings. The van der Waals surface area contributed by atoms with E-state index in [4.69, 9.17) is 16.3 Å². The van der Waals surface area contributed by atoms with Crippen LogP contribution in [0.2, 0.25) is 5.02 Å². The quantitative estimate of drug-likeness (QED) is 0.743. The van der Waals surface area contributed by atoms with E-state index in [1.165, 1.54) is 16.4 Å². The van der Waals surface area contributed by atoms with Crippen molar-refractivity contribution in [2.45, 2.75) is 18.7 Å². The number of carbonyl (C=O) groups is 1. The van der Waals surface area contributed by atoms with E-state index >= 15 is 0 Å². The average molecular weight is 423 g/mol. The van der Waals surface area contributed by atoms with Crippen molar-refractivity contribution in [2.75, 3.05) is 32.8 Å². The Kier molecular flexibility index (Phi) is 6.27. The highest BCUT2D eigenvalue weighted by Gasteiger charge is 2.30. The number of benzene rings is 2. The topological polar surface area (TPSA) is 66.9 Å². The molecule has 0 N–H and O–H groups in total. The van der Waals surface area contributed by atoms with E-state index < -0.39 is 10.0 Å². The molecule has 2 aromatic carbocycles. The van der Waals surface area contributed by atoms with Gasteiger partial charge in [0.1, 0.15) is 5.75 Å². The number of rotatable bonds is 5. The van der Waals surface area contributed by atoms with Gasteiger partial charge in [-0.15, -0.1) is 0 Å². The lowest BCUT2D eigenvalue weighted by molar-refractivity contribution is -0.134. The number of halogens is 1. The van der Waals surface area contributed by atoms with Gasteiger partial charge in [0, 0.05) is 31.2 Å². The first-order chi connectivity index (χ1) is 13.3. The van der Waals surface area contributed by atoms with Gasteiger partial charge < -0.3 is 9.64 Å². The fourth-order valence-electron chi connectivity index (χ4n) is 3.04. The van der Waals surface area contributed by atoms with Crippen LogP contribution in [0.5, 0.6) is 5.75 Å². The van der Waals surface area contributed by atoms with Crippen LogP contribution in [0.3, 0.4) is 0 Å². The number of hydrogen-bond donors (Lipinski definition) is 0. The zero-order valence-electron chi connectivity index (χ0n) is 15.9. The second kappa shape index (κ2) is 8.51. The lowest BCUT2D eigenvalue weighted by atomic mass is 10.1. The molecule has 28 heavy (non-hydrogen) atoms. The van der Waals surface area contributed by atoms with Gasteiger partial charge in [-0.3, -0.25) is 4.79 Å². The van der Waals surface area contributed by atoms with E-state index in [1.54, 1.807) is 17.0 Å². The van der Waals surface area contributed by atoms with Gasteiger partial charge in [0.05, 0.1) is 4.90 Å². The van der Waals surface area contributed by atoms with E-state index in [9.17, 15) is 13.2 Å². The van der Waals surface area contributed by atoms with Crippen LogP contribution in [-0.2, 0) is 14.8 Å². The van der Waals surface area contributed by atoms with Gasteiger partial charge in [0.25, 0.3) is 5.91 Å². The molecule has 1 saturated heterocycles. The predicted octanol–water partition coefficient (Wildman–Crippen LogP) is 2.87. The highest BCUT2D eigenvalue weighted by atomic mass is 35.5. The van der Waals surface area contributed by atoms with E-state index in [1.807, 2.05) is 32.0 Å². The summed E-state index contributed by atoms with van der Waals surface area (Å²) < 4.78 is 32.5. The summed E-state index contributed by atoms with van der Waals surface area (Å²) in [5.74, 6) is 0.543. The molecular formula is C20H23ClN2O4S. The monoisotopic (exact) mass is 422 g/mol. The van der Waals surface area contributed by atoms with Crippen LogP contribution in [0.15, 0.2) is 47.4 Å². The van der Waals surface area contributed by atoms with Crippen LogP contribution in [0.25, 0.3) is 0 Å². The van der Waals surface area contributed by atoms with Gasteiger partial charge >= 0.3 is 0 Å². The van der Waals surface area contributed by atoms with E-state index in [-0.39, 0.29) is 30.5 Å². The Balaban J connectivity index is 1.56. The Bertz CT molecular complexity index is 953. The molecule has 0 spiro atoms. The van der Waals surface area contributed by atoms with Crippen LogP contribution in [0.1, 0.15) is 11.1 Å². The molecule has 0 saturated carbocycles. The first-order valence-corrected chi connectivity index (χ1v) is 10.8. The molecular weight excluding hydrogens is 400 g/mol. The Hall–Kier alpha value is -2.09. The van der Waals surface area contributed by atoms with Crippen LogP contribution in [0.4, 0.5) is 0 Å². The van der Waals surface area contributed by atoms with E-state index in [2.05, 4.69) is 0 Å². The molecule has 3 rings (SSSR count). The smallest absolute Gasteiger partial charge is 0.260 e. The standard InChI is InChI=1S/C20H23ClN2O4S/c1-15-4-3-5-19(16(15)2)27-14-20(24)22-10-12-23(13-11-22)28(25,26)18-8-6-17(21)7-9-18/h3-9H,10-14H2,1-2H3. The minimum atomic E-state index is -3.59. The molecule has 6 nitrogen and oxygen atoms in total. The van der Waals surface area contributed by atoms with Gasteiger partial charge in [0.2, 0.25) is 10.0 Å². The number of nitrogens with zero attached hydrogens (tertiary/aromatic N) is 2. The molecule has 1 amide bonds. The number of carbonyl (C=O) groups excluding carboxylic acids is 1. The normalized spacial score (nSPS) is 15.5. The van der Waals surface area contributed by atoms with Crippen LogP contribution in [0, 0.1) is 13.8 Å². The Morgan fingerprint density at radius 3 is 2.32 bits per heavy atom. The maximum absolute atomic E-state index is 12.7. The lowest BCUT2D eigenvalue weighted by Gasteiger charge is -2.34. The van der Waals surface area contributed by atoms with Crippen LogP contribution in [-0.4, -0.2) is 56.3 Å². The van der Waals surface area contributed by atoms with Gasteiger partial charge in [-0.25, -0.2) is 8.42 Å². The summed E-state index contributed by atoms with van der Waals surface area (Å²) in [5.41, 5.74) is 2.11. The van der Waals surface area contributed by atoms with E-state index in [0.717, 1.165) is 11.1 Å². The zero-order valence-corrected chi connectivity index (χ0v) is 17.5. The number of sulfonamides is 1. The van der Waals surface area contributed by atoms with Crippen LogP contribution >= 0.6 is 11.6 Å². The molecule has 0 atom stereocenters. The molecule has 0 aliphatic carbocycles. The lowest BCUT2D eigenvalue weighted by Crippen LogP contribution is -2.51. The van der Waals surface area contributed by atoms with Crippen molar-refractivity contribution < 1.29 is 17.9 Å². The third kappa shape index (κ3) is 4.48. The van der Waals surface area contributed by atoms with E-state index in [0.29, 0.717) is 23.9 Å². The minimum Gasteiger partial charge on any atom is -0.483 e. The van der Waals surface area contributed by atoms with Crippen molar-refractivity contribution >= 4 is 27.5 Å². The number of amides is 1. The predicted molar refractivity (Wildman–Crippen MR) is 108 cm³/mol. The number of ether oxygens (including phenoxy) is 1. The maximum atomic E-state index is 12.7. The number of hydrogen-bond acceptors (Lipinski definition) is 4. The second-order valence-corrected chi connectivity index (χ2v) is 9.10. The maximum Gasteiger partial charge on any atom is 0.260 e. The molecule has 150 valence electrons. The summed E-state index contributed by atoms with van der Waals surface area (Å²) in [6.07, 6.45) is 0. The fraction of sp³-hybridized carbons (Fsp3) is 0.350.